The molecule has 2 aromatic rings. The third kappa shape index (κ3) is 1.85. The Morgan fingerprint density at radius 2 is 2.07 bits per heavy atom. The van der Waals surface area contributed by atoms with Crippen molar-refractivity contribution in [3.05, 3.63) is 36.9 Å². The number of rotatable bonds is 3. The average molecular weight is 201 g/mol. The number of tetrazole rings is 1. The van der Waals surface area contributed by atoms with E-state index in [1.807, 2.05) is 24.3 Å². The first-order valence-electron chi connectivity index (χ1n) is 4.54. The third-order valence-corrected chi connectivity index (χ3v) is 2.00. The summed E-state index contributed by atoms with van der Waals surface area (Å²) in [6.07, 6.45) is 1.75. The molecule has 2 N–H and O–H groups in total. The van der Waals surface area contributed by atoms with E-state index >= 15 is 0 Å². The van der Waals surface area contributed by atoms with Gasteiger partial charge in [0.25, 0.3) is 0 Å². The molecule has 0 atom stereocenters. The second-order valence-corrected chi connectivity index (χ2v) is 3.10. The first-order valence-corrected chi connectivity index (χ1v) is 4.54. The van der Waals surface area contributed by atoms with Crippen molar-refractivity contribution in [2.45, 2.75) is 6.54 Å². The van der Waals surface area contributed by atoms with Crippen LogP contribution < -0.4 is 5.73 Å². The molecule has 1 aromatic heterocycles. The van der Waals surface area contributed by atoms with Crippen molar-refractivity contribution in [3.63, 3.8) is 0 Å². The van der Waals surface area contributed by atoms with Crippen molar-refractivity contribution in [1.29, 1.82) is 0 Å². The van der Waals surface area contributed by atoms with Crippen LogP contribution in [0.4, 0.5) is 5.69 Å². The van der Waals surface area contributed by atoms with E-state index in [-0.39, 0.29) is 0 Å². The molecule has 0 saturated carbocycles. The number of nitrogens with zero attached hydrogens (tertiary/aromatic N) is 4. The summed E-state index contributed by atoms with van der Waals surface area (Å²) in [6.45, 7) is 4.24. The van der Waals surface area contributed by atoms with Crippen molar-refractivity contribution >= 4 is 5.69 Å². The van der Waals surface area contributed by atoms with E-state index < -0.39 is 0 Å². The van der Waals surface area contributed by atoms with E-state index in [1.54, 1.807) is 10.8 Å². The SMILES string of the molecule is C=CCn1nnnc1-c1ccc(N)cc1. The van der Waals surface area contributed by atoms with E-state index in [9.17, 15) is 0 Å². The molecule has 0 spiro atoms. The van der Waals surface area contributed by atoms with Crippen LogP contribution in [0, 0.1) is 0 Å². The van der Waals surface area contributed by atoms with E-state index in [2.05, 4.69) is 22.1 Å². The van der Waals surface area contributed by atoms with Crippen LogP contribution in [0.1, 0.15) is 0 Å². The van der Waals surface area contributed by atoms with E-state index in [0.29, 0.717) is 6.54 Å². The second-order valence-electron chi connectivity index (χ2n) is 3.10. The number of hydrogen-bond donors (Lipinski definition) is 1. The van der Waals surface area contributed by atoms with Crippen LogP contribution in [0.3, 0.4) is 0 Å². The Morgan fingerprint density at radius 3 is 2.73 bits per heavy atom. The van der Waals surface area contributed by atoms with Crippen LogP contribution in [-0.2, 0) is 6.54 Å². The Bertz CT molecular complexity index is 457. The molecule has 1 aromatic carbocycles. The van der Waals surface area contributed by atoms with E-state index in [4.69, 9.17) is 5.73 Å². The smallest absolute Gasteiger partial charge is 0.182 e. The number of anilines is 1. The van der Waals surface area contributed by atoms with Crippen molar-refractivity contribution in [3.8, 4) is 11.4 Å². The molecule has 5 heteroatoms. The molecule has 0 saturated heterocycles. The summed E-state index contributed by atoms with van der Waals surface area (Å²) >= 11 is 0. The topological polar surface area (TPSA) is 69.6 Å². The maximum Gasteiger partial charge on any atom is 0.182 e. The minimum Gasteiger partial charge on any atom is -0.399 e. The fourth-order valence-corrected chi connectivity index (χ4v) is 1.29. The first-order chi connectivity index (χ1) is 7.31. The molecule has 0 aliphatic carbocycles. The largest absolute Gasteiger partial charge is 0.399 e. The van der Waals surface area contributed by atoms with Gasteiger partial charge in [-0.05, 0) is 34.7 Å². The molecular formula is C10H11N5. The molecule has 0 amide bonds. The zero-order valence-corrected chi connectivity index (χ0v) is 8.17. The van der Waals surface area contributed by atoms with Crippen LogP contribution in [0.25, 0.3) is 11.4 Å². The Labute approximate surface area is 87.2 Å². The summed E-state index contributed by atoms with van der Waals surface area (Å²) in [5.74, 6) is 0.718. The summed E-state index contributed by atoms with van der Waals surface area (Å²) in [7, 11) is 0. The number of nitrogens with two attached hydrogens (primary N) is 1. The Balaban J connectivity index is 2.40. The minimum absolute atomic E-state index is 0.590. The van der Waals surface area contributed by atoms with Gasteiger partial charge in [-0.1, -0.05) is 6.08 Å². The molecule has 0 radical (unpaired) electrons. The third-order valence-electron chi connectivity index (χ3n) is 2.00. The zero-order valence-electron chi connectivity index (χ0n) is 8.17. The van der Waals surface area contributed by atoms with Gasteiger partial charge < -0.3 is 5.73 Å². The predicted molar refractivity (Wildman–Crippen MR) is 57.9 cm³/mol. The average Bonchev–Trinajstić information content (AvgIpc) is 2.68. The minimum atomic E-state index is 0.590. The molecule has 1 heterocycles. The monoisotopic (exact) mass is 201 g/mol. The van der Waals surface area contributed by atoms with Gasteiger partial charge in [0, 0.05) is 11.3 Å². The molecule has 2 rings (SSSR count). The lowest BCUT2D eigenvalue weighted by atomic mass is 10.2. The number of benzene rings is 1. The van der Waals surface area contributed by atoms with Crippen LogP contribution in [0.5, 0.6) is 0 Å². The molecule has 0 aliphatic heterocycles. The van der Waals surface area contributed by atoms with Gasteiger partial charge in [0.1, 0.15) is 0 Å². The maximum absolute atomic E-state index is 5.60. The molecule has 5 nitrogen and oxygen atoms in total. The molecule has 0 unspecified atom stereocenters. The van der Waals surface area contributed by atoms with Gasteiger partial charge in [0.2, 0.25) is 0 Å². The zero-order chi connectivity index (χ0) is 10.7. The maximum atomic E-state index is 5.60. The summed E-state index contributed by atoms with van der Waals surface area (Å²) < 4.78 is 1.68. The van der Waals surface area contributed by atoms with E-state index in [0.717, 1.165) is 17.1 Å². The predicted octanol–water partition coefficient (Wildman–Crippen LogP) is 1.11. The number of hydrogen-bond acceptors (Lipinski definition) is 4. The molecule has 76 valence electrons. The Kier molecular flexibility index (Phi) is 2.45. The summed E-state index contributed by atoms with van der Waals surface area (Å²) in [6, 6.07) is 7.42. The van der Waals surface area contributed by atoms with Crippen molar-refractivity contribution in [2.24, 2.45) is 0 Å². The van der Waals surface area contributed by atoms with Crippen LogP contribution >= 0.6 is 0 Å². The van der Waals surface area contributed by atoms with Gasteiger partial charge in [0.15, 0.2) is 5.82 Å². The van der Waals surface area contributed by atoms with Gasteiger partial charge in [-0.15, -0.1) is 11.7 Å². The molecule has 0 aliphatic rings. The summed E-state index contributed by atoms with van der Waals surface area (Å²) in [5.41, 5.74) is 7.27. The normalized spacial score (nSPS) is 10.1. The lowest BCUT2D eigenvalue weighted by Gasteiger charge is -2.01. The fraction of sp³-hybridized carbons (Fsp3) is 0.100. The standard InChI is InChI=1S/C10H11N5/c1-2-7-15-10(12-13-14-15)8-3-5-9(11)6-4-8/h2-6H,1,7,11H2. The lowest BCUT2D eigenvalue weighted by Crippen LogP contribution is -2.00. The number of nitrogen functional groups attached to an aromatic ring is 1. The first kappa shape index (κ1) is 9.39. The fourth-order valence-electron chi connectivity index (χ4n) is 1.29. The van der Waals surface area contributed by atoms with Gasteiger partial charge in [0.05, 0.1) is 6.54 Å². The van der Waals surface area contributed by atoms with Crippen molar-refractivity contribution in [2.75, 3.05) is 5.73 Å². The molecular weight excluding hydrogens is 190 g/mol. The second kappa shape index (κ2) is 3.91. The molecule has 15 heavy (non-hydrogen) atoms. The quantitative estimate of drug-likeness (QED) is 0.596. The Morgan fingerprint density at radius 1 is 1.33 bits per heavy atom. The number of aromatic nitrogens is 4. The van der Waals surface area contributed by atoms with Crippen LogP contribution in [-0.4, -0.2) is 20.2 Å². The van der Waals surface area contributed by atoms with Gasteiger partial charge in [-0.2, -0.15) is 0 Å². The highest BCUT2D eigenvalue weighted by atomic mass is 15.5. The lowest BCUT2D eigenvalue weighted by molar-refractivity contribution is 0.665. The highest BCUT2D eigenvalue weighted by molar-refractivity contribution is 5.58. The van der Waals surface area contributed by atoms with Gasteiger partial charge >= 0.3 is 0 Å². The molecule has 0 bridgehead atoms. The van der Waals surface area contributed by atoms with Gasteiger partial charge in [-0.3, -0.25) is 0 Å². The summed E-state index contributed by atoms with van der Waals surface area (Å²) in [5, 5.41) is 11.4. The highest BCUT2D eigenvalue weighted by Gasteiger charge is 2.06. The Hall–Kier alpha value is -2.17. The van der Waals surface area contributed by atoms with Gasteiger partial charge in [-0.25, -0.2) is 4.68 Å². The van der Waals surface area contributed by atoms with E-state index in [1.165, 1.54) is 0 Å². The van der Waals surface area contributed by atoms with Crippen molar-refractivity contribution in [1.82, 2.24) is 20.2 Å². The number of allylic oxidation sites excluding steroid dienone is 1. The van der Waals surface area contributed by atoms with Crippen molar-refractivity contribution < 1.29 is 0 Å². The highest BCUT2D eigenvalue weighted by Crippen LogP contribution is 2.16. The van der Waals surface area contributed by atoms with Crippen LogP contribution in [0.2, 0.25) is 0 Å². The molecule has 0 fully saturated rings. The summed E-state index contributed by atoms with van der Waals surface area (Å²) in [4.78, 5) is 0. The van der Waals surface area contributed by atoms with Crippen LogP contribution in [0.15, 0.2) is 36.9 Å².